The lowest BCUT2D eigenvalue weighted by molar-refractivity contribution is 0.410. The number of hydrogen-bond donors (Lipinski definition) is 0. The Bertz CT molecular complexity index is 1730. The zero-order chi connectivity index (χ0) is 26.3. The first-order valence-electron chi connectivity index (χ1n) is 13.5. The van der Waals surface area contributed by atoms with E-state index >= 15 is 0 Å². The van der Waals surface area contributed by atoms with E-state index in [1.807, 2.05) is 17.8 Å². The third-order valence-corrected chi connectivity index (χ3v) is 8.30. The SMILES string of the molecule is [2H]c1cc2c3c(cc4cc(CC(C)(C)C)ccc42)Sc2c(cc4cc(C)ccc4c2CC(C)(C)C)-c3n1. The van der Waals surface area contributed by atoms with E-state index in [2.05, 4.69) is 97.0 Å². The van der Waals surface area contributed by atoms with Crippen LogP contribution in [0.25, 0.3) is 43.6 Å². The number of nitrogens with zero attached hydrogens (tertiary/aromatic N) is 1. The number of rotatable bonds is 2. The molecule has 0 fully saturated rings. The lowest BCUT2D eigenvalue weighted by Crippen LogP contribution is -2.12. The molecule has 0 N–H and O–H groups in total. The average molecular weight is 491 g/mol. The molecule has 1 nitrogen and oxygen atoms in total. The predicted octanol–water partition coefficient (Wildman–Crippen LogP) is 10.2. The van der Waals surface area contributed by atoms with Crippen LogP contribution in [0.15, 0.2) is 70.6 Å². The predicted molar refractivity (Wildman–Crippen MR) is 157 cm³/mol. The van der Waals surface area contributed by atoms with E-state index in [1.54, 1.807) is 0 Å². The lowest BCUT2D eigenvalue weighted by Gasteiger charge is -2.27. The van der Waals surface area contributed by atoms with Gasteiger partial charge in [0.1, 0.15) is 0 Å². The van der Waals surface area contributed by atoms with E-state index in [9.17, 15) is 0 Å². The molecule has 0 aliphatic carbocycles. The summed E-state index contributed by atoms with van der Waals surface area (Å²) in [6, 6.07) is 20.3. The topological polar surface area (TPSA) is 12.9 Å². The molecule has 0 unspecified atom stereocenters. The second kappa shape index (κ2) is 8.08. The maximum Gasteiger partial charge on any atom is 0.0840 e. The number of hydrogen-bond acceptors (Lipinski definition) is 2. The first kappa shape index (κ1) is 22.4. The Labute approximate surface area is 220 Å². The summed E-state index contributed by atoms with van der Waals surface area (Å²) in [6.07, 6.45) is 2.36. The van der Waals surface area contributed by atoms with Gasteiger partial charge in [-0.3, -0.25) is 4.98 Å². The summed E-state index contributed by atoms with van der Waals surface area (Å²) < 4.78 is 8.67. The fraction of sp³-hybridized carbons (Fsp3) is 0.324. The first-order chi connectivity index (χ1) is 17.4. The highest BCUT2D eigenvalue weighted by Crippen LogP contribution is 2.52. The first-order valence-corrected chi connectivity index (χ1v) is 13.8. The number of aromatic nitrogens is 1. The molecule has 0 spiro atoms. The Hall–Kier alpha value is -2.84. The van der Waals surface area contributed by atoms with E-state index < -0.39 is 0 Å². The minimum Gasteiger partial charge on any atom is -0.256 e. The van der Waals surface area contributed by atoms with Gasteiger partial charge >= 0.3 is 0 Å². The van der Waals surface area contributed by atoms with Crippen molar-refractivity contribution in [3.8, 4) is 11.3 Å². The second-order valence-electron chi connectivity index (χ2n) is 13.0. The van der Waals surface area contributed by atoms with Crippen LogP contribution in [0.4, 0.5) is 0 Å². The van der Waals surface area contributed by atoms with E-state index in [4.69, 9.17) is 6.35 Å². The van der Waals surface area contributed by atoms with Gasteiger partial charge in [0.25, 0.3) is 0 Å². The van der Waals surface area contributed by atoms with Crippen molar-refractivity contribution >= 4 is 44.1 Å². The van der Waals surface area contributed by atoms with E-state index in [1.165, 1.54) is 59.0 Å². The van der Waals surface area contributed by atoms with E-state index in [-0.39, 0.29) is 10.8 Å². The molecule has 1 aliphatic rings. The van der Waals surface area contributed by atoms with Crippen LogP contribution >= 0.6 is 11.8 Å². The van der Waals surface area contributed by atoms with Crippen LogP contribution in [-0.4, -0.2) is 4.98 Å². The molecule has 36 heavy (non-hydrogen) atoms. The van der Waals surface area contributed by atoms with Crippen LogP contribution in [0, 0.1) is 17.8 Å². The fourth-order valence-corrected chi connectivity index (χ4v) is 7.04. The van der Waals surface area contributed by atoms with Gasteiger partial charge in [0.2, 0.25) is 0 Å². The molecule has 0 saturated carbocycles. The average Bonchev–Trinajstić information content (AvgIpc) is 2.77. The maximum atomic E-state index is 8.67. The quantitative estimate of drug-likeness (QED) is 0.224. The van der Waals surface area contributed by atoms with Crippen molar-refractivity contribution < 1.29 is 1.37 Å². The van der Waals surface area contributed by atoms with Crippen LogP contribution in [0.1, 0.15) is 59.6 Å². The smallest absolute Gasteiger partial charge is 0.0840 e. The molecule has 0 atom stereocenters. The van der Waals surface area contributed by atoms with Gasteiger partial charge in [-0.2, -0.15) is 0 Å². The standard InChI is InChI=1S/C34H35NS/c1-20-8-10-25-22(14-20)16-27-31-30-26(12-13-35-31)24-11-9-21(18-33(2,3)4)15-23(24)17-29(30)36-32(27)28(25)19-34(5,6)7/h8-17H,18-19H2,1-7H3/i13D. The van der Waals surface area contributed by atoms with Gasteiger partial charge in [-0.25, -0.2) is 0 Å². The molecule has 4 aromatic carbocycles. The maximum absolute atomic E-state index is 8.67. The number of fused-ring (bicyclic) bond motifs is 5. The molecule has 1 aromatic heterocycles. The van der Waals surface area contributed by atoms with E-state index in [0.29, 0.717) is 6.17 Å². The van der Waals surface area contributed by atoms with Gasteiger partial charge in [0.15, 0.2) is 0 Å². The third kappa shape index (κ3) is 4.10. The summed E-state index contributed by atoms with van der Waals surface area (Å²) >= 11 is 1.90. The molecular formula is C34H35NS. The molecule has 0 radical (unpaired) electrons. The monoisotopic (exact) mass is 490 g/mol. The van der Waals surface area contributed by atoms with Gasteiger partial charge in [0.05, 0.1) is 7.06 Å². The van der Waals surface area contributed by atoms with Gasteiger partial charge in [-0.1, -0.05) is 95.3 Å². The van der Waals surface area contributed by atoms with Gasteiger partial charge < -0.3 is 0 Å². The fourth-order valence-electron chi connectivity index (χ4n) is 5.76. The zero-order valence-corrected chi connectivity index (χ0v) is 23.3. The molecule has 0 amide bonds. The molecule has 0 saturated heterocycles. The van der Waals surface area contributed by atoms with Crippen LogP contribution in [0.3, 0.4) is 0 Å². The van der Waals surface area contributed by atoms with E-state index in [0.717, 1.165) is 23.9 Å². The van der Waals surface area contributed by atoms with Crippen molar-refractivity contribution in [3.63, 3.8) is 0 Å². The van der Waals surface area contributed by atoms with Crippen LogP contribution in [0.2, 0.25) is 0 Å². The van der Waals surface area contributed by atoms with Crippen molar-refractivity contribution in [2.75, 3.05) is 0 Å². The van der Waals surface area contributed by atoms with Gasteiger partial charge in [-0.05, 0) is 86.9 Å². The van der Waals surface area contributed by atoms with Crippen molar-refractivity contribution in [2.24, 2.45) is 10.8 Å². The summed E-state index contributed by atoms with van der Waals surface area (Å²) in [5, 5.41) is 7.40. The summed E-state index contributed by atoms with van der Waals surface area (Å²) in [6.45, 7) is 16.0. The van der Waals surface area contributed by atoms with Gasteiger partial charge in [-0.15, -0.1) is 0 Å². The molecule has 6 rings (SSSR count). The van der Waals surface area contributed by atoms with Crippen LogP contribution in [0.5, 0.6) is 0 Å². The van der Waals surface area contributed by atoms with Crippen molar-refractivity contribution in [2.45, 2.75) is 71.1 Å². The molecule has 0 bridgehead atoms. The molecule has 1 aliphatic heterocycles. The van der Waals surface area contributed by atoms with Crippen molar-refractivity contribution in [3.05, 3.63) is 77.5 Å². The zero-order valence-electron chi connectivity index (χ0n) is 23.5. The second-order valence-corrected chi connectivity index (χ2v) is 14.0. The molecule has 182 valence electrons. The summed E-state index contributed by atoms with van der Waals surface area (Å²) in [5.74, 6) is 0. The lowest BCUT2D eigenvalue weighted by atomic mass is 9.84. The Balaban J connectivity index is 1.68. The largest absolute Gasteiger partial charge is 0.256 e. The normalized spacial score (nSPS) is 13.9. The molecule has 2 heterocycles. The third-order valence-electron chi connectivity index (χ3n) is 7.09. The Kier molecular flexibility index (Phi) is 5.02. The van der Waals surface area contributed by atoms with Crippen molar-refractivity contribution in [1.82, 2.24) is 4.98 Å². The molecule has 2 heteroatoms. The highest BCUT2D eigenvalue weighted by atomic mass is 32.2. The number of pyridine rings is 1. The highest BCUT2D eigenvalue weighted by Gasteiger charge is 2.27. The highest BCUT2D eigenvalue weighted by molar-refractivity contribution is 8.00. The Morgan fingerprint density at radius 2 is 1.50 bits per heavy atom. The minimum atomic E-state index is 0.152. The molecular weight excluding hydrogens is 454 g/mol. The minimum absolute atomic E-state index is 0.152. The summed E-state index contributed by atoms with van der Waals surface area (Å²) in [7, 11) is 0. The number of benzene rings is 4. The molecule has 5 aromatic rings. The van der Waals surface area contributed by atoms with Crippen LogP contribution in [-0.2, 0) is 12.8 Å². The number of aryl methyl sites for hydroxylation is 1. The van der Waals surface area contributed by atoms with Crippen molar-refractivity contribution in [1.29, 1.82) is 0 Å². The summed E-state index contributed by atoms with van der Waals surface area (Å²) in [4.78, 5) is 7.43. The summed E-state index contributed by atoms with van der Waals surface area (Å²) in [5.41, 5.74) is 6.56. The van der Waals surface area contributed by atoms with Crippen LogP contribution < -0.4 is 0 Å². The Morgan fingerprint density at radius 3 is 2.25 bits per heavy atom. The Morgan fingerprint density at radius 1 is 0.778 bits per heavy atom. The van der Waals surface area contributed by atoms with Gasteiger partial charge in [0, 0.05) is 26.9 Å².